The normalized spacial score (nSPS) is 17.3. The van der Waals surface area contributed by atoms with E-state index in [2.05, 4.69) is 22.3 Å². The summed E-state index contributed by atoms with van der Waals surface area (Å²) >= 11 is 0. The molecule has 0 saturated carbocycles. The number of carbonyl (C=O) groups excluding carboxylic acids is 1. The van der Waals surface area contributed by atoms with E-state index in [1.54, 1.807) is 0 Å². The van der Waals surface area contributed by atoms with Crippen LogP contribution in [0.3, 0.4) is 0 Å². The lowest BCUT2D eigenvalue weighted by Gasteiger charge is -2.38. The minimum Gasteiger partial charge on any atom is -0.485 e. The monoisotopic (exact) mass is 383 g/mol. The smallest absolute Gasteiger partial charge is 0.412 e. The third kappa shape index (κ3) is 5.16. The summed E-state index contributed by atoms with van der Waals surface area (Å²) in [4.78, 5) is 14.4. The first-order valence-corrected chi connectivity index (χ1v) is 9.56. The molecular formula is C22H29N3O3. The maximum Gasteiger partial charge on any atom is 0.412 e. The highest BCUT2D eigenvalue weighted by Gasteiger charge is 2.28. The number of fused-ring (bicyclic) bond motifs is 1. The number of nitrogens with two attached hydrogens (primary N) is 1. The first-order valence-electron chi connectivity index (χ1n) is 9.56. The molecule has 0 aromatic heterocycles. The van der Waals surface area contributed by atoms with Crippen LogP contribution in [0, 0.1) is 0 Å². The summed E-state index contributed by atoms with van der Waals surface area (Å²) in [5.74, 6) is 0.763. The molecule has 0 spiro atoms. The second kappa shape index (κ2) is 8.10. The van der Waals surface area contributed by atoms with E-state index in [0.29, 0.717) is 12.2 Å². The SMILES string of the molecule is CC(N)C1CN(Cc2ccccc2)c2cc(NC(=O)OC(C)(C)C)ccc2O1. The minimum absolute atomic E-state index is 0.0917. The molecule has 2 atom stereocenters. The van der Waals surface area contributed by atoms with Crippen LogP contribution in [0.25, 0.3) is 0 Å². The molecule has 0 bridgehead atoms. The van der Waals surface area contributed by atoms with Crippen LogP contribution in [0.4, 0.5) is 16.2 Å². The molecule has 2 unspecified atom stereocenters. The summed E-state index contributed by atoms with van der Waals surface area (Å²) in [6.45, 7) is 8.87. The third-order valence-electron chi connectivity index (χ3n) is 4.43. The Labute approximate surface area is 166 Å². The van der Waals surface area contributed by atoms with Crippen molar-refractivity contribution in [1.29, 1.82) is 0 Å². The predicted molar refractivity (Wildman–Crippen MR) is 112 cm³/mol. The molecule has 0 fully saturated rings. The second-order valence-corrected chi connectivity index (χ2v) is 8.19. The number of hydrogen-bond acceptors (Lipinski definition) is 5. The molecule has 6 heteroatoms. The molecule has 0 saturated heterocycles. The van der Waals surface area contributed by atoms with E-state index in [9.17, 15) is 4.79 Å². The molecular weight excluding hydrogens is 354 g/mol. The largest absolute Gasteiger partial charge is 0.485 e. The van der Waals surface area contributed by atoms with Gasteiger partial charge in [-0.05, 0) is 51.5 Å². The van der Waals surface area contributed by atoms with Crippen LogP contribution >= 0.6 is 0 Å². The highest BCUT2D eigenvalue weighted by molar-refractivity contribution is 5.86. The number of nitrogens with zero attached hydrogens (tertiary/aromatic N) is 1. The van der Waals surface area contributed by atoms with Gasteiger partial charge in [0.05, 0.1) is 12.2 Å². The van der Waals surface area contributed by atoms with Crippen molar-refractivity contribution in [1.82, 2.24) is 0 Å². The van der Waals surface area contributed by atoms with E-state index in [0.717, 1.165) is 18.0 Å². The van der Waals surface area contributed by atoms with Crippen LogP contribution < -0.4 is 20.7 Å². The number of nitrogens with one attached hydrogen (secondary N) is 1. The van der Waals surface area contributed by atoms with Gasteiger partial charge in [-0.15, -0.1) is 0 Å². The topological polar surface area (TPSA) is 76.8 Å². The molecule has 0 aliphatic carbocycles. The zero-order valence-electron chi connectivity index (χ0n) is 16.9. The Balaban J connectivity index is 1.85. The van der Waals surface area contributed by atoms with Crippen LogP contribution in [0.15, 0.2) is 48.5 Å². The Morgan fingerprint density at radius 1 is 1.29 bits per heavy atom. The Morgan fingerprint density at radius 2 is 2.00 bits per heavy atom. The number of hydrogen-bond donors (Lipinski definition) is 2. The van der Waals surface area contributed by atoms with E-state index in [1.807, 2.05) is 64.1 Å². The van der Waals surface area contributed by atoms with Gasteiger partial charge in [0.15, 0.2) is 0 Å². The van der Waals surface area contributed by atoms with Gasteiger partial charge in [0.1, 0.15) is 17.5 Å². The van der Waals surface area contributed by atoms with Gasteiger partial charge in [0.2, 0.25) is 0 Å². The first kappa shape index (κ1) is 20.0. The summed E-state index contributed by atoms with van der Waals surface area (Å²) in [6, 6.07) is 15.8. The van der Waals surface area contributed by atoms with E-state index in [-0.39, 0.29) is 12.1 Å². The molecule has 3 N–H and O–H groups in total. The number of benzene rings is 2. The van der Waals surface area contributed by atoms with Gasteiger partial charge in [0, 0.05) is 18.3 Å². The van der Waals surface area contributed by atoms with Crippen molar-refractivity contribution in [3.05, 3.63) is 54.1 Å². The molecule has 3 rings (SSSR count). The van der Waals surface area contributed by atoms with E-state index in [1.165, 1.54) is 5.56 Å². The van der Waals surface area contributed by atoms with Crippen LogP contribution in [0.1, 0.15) is 33.3 Å². The summed E-state index contributed by atoms with van der Waals surface area (Å²) in [6.07, 6.45) is -0.576. The lowest BCUT2D eigenvalue weighted by Crippen LogP contribution is -2.48. The molecule has 28 heavy (non-hydrogen) atoms. The summed E-state index contributed by atoms with van der Waals surface area (Å²) < 4.78 is 11.4. The minimum atomic E-state index is -0.550. The van der Waals surface area contributed by atoms with Gasteiger partial charge in [-0.25, -0.2) is 4.79 Å². The Hall–Kier alpha value is -2.73. The average molecular weight is 383 g/mol. The van der Waals surface area contributed by atoms with Crippen molar-refractivity contribution in [2.45, 2.75) is 52.0 Å². The van der Waals surface area contributed by atoms with Crippen molar-refractivity contribution < 1.29 is 14.3 Å². The number of ether oxygens (including phenoxy) is 2. The first-order chi connectivity index (χ1) is 13.2. The Morgan fingerprint density at radius 3 is 2.64 bits per heavy atom. The summed E-state index contributed by atoms with van der Waals surface area (Å²) in [5, 5.41) is 2.80. The molecule has 6 nitrogen and oxygen atoms in total. The van der Waals surface area contributed by atoms with E-state index >= 15 is 0 Å². The van der Waals surface area contributed by atoms with E-state index in [4.69, 9.17) is 15.2 Å². The predicted octanol–water partition coefficient (Wildman–Crippen LogP) is 4.15. The molecule has 0 radical (unpaired) electrons. The number of carbonyl (C=O) groups is 1. The van der Waals surface area contributed by atoms with Crippen molar-refractivity contribution >= 4 is 17.5 Å². The molecule has 1 amide bonds. The van der Waals surface area contributed by atoms with Gasteiger partial charge in [-0.3, -0.25) is 5.32 Å². The number of anilines is 2. The fraction of sp³-hybridized carbons (Fsp3) is 0.409. The third-order valence-corrected chi connectivity index (χ3v) is 4.43. The molecule has 1 aliphatic heterocycles. The molecule has 2 aromatic rings. The second-order valence-electron chi connectivity index (χ2n) is 8.19. The van der Waals surface area contributed by atoms with Gasteiger partial charge < -0.3 is 20.1 Å². The zero-order valence-corrected chi connectivity index (χ0v) is 16.9. The summed E-state index contributed by atoms with van der Waals surface area (Å²) in [7, 11) is 0. The molecule has 1 heterocycles. The lowest BCUT2D eigenvalue weighted by molar-refractivity contribution is 0.0636. The zero-order chi connectivity index (χ0) is 20.3. The van der Waals surface area contributed by atoms with Crippen molar-refractivity contribution in [2.75, 3.05) is 16.8 Å². The van der Waals surface area contributed by atoms with Gasteiger partial charge in [-0.1, -0.05) is 30.3 Å². The van der Waals surface area contributed by atoms with Crippen molar-refractivity contribution in [3.8, 4) is 5.75 Å². The standard InChI is InChI=1S/C22H29N3O3/c1-15(23)20-14-25(13-16-8-6-5-7-9-16)18-12-17(10-11-19(18)27-20)24-21(26)28-22(2,3)4/h5-12,15,20H,13-14,23H2,1-4H3,(H,24,26). The van der Waals surface area contributed by atoms with Crippen LogP contribution in [-0.2, 0) is 11.3 Å². The number of rotatable bonds is 4. The number of amides is 1. The highest BCUT2D eigenvalue weighted by Crippen LogP contribution is 2.37. The summed E-state index contributed by atoms with van der Waals surface area (Å²) in [5.41, 5.74) is 8.34. The van der Waals surface area contributed by atoms with Gasteiger partial charge in [-0.2, -0.15) is 0 Å². The molecule has 150 valence electrons. The fourth-order valence-electron chi connectivity index (χ4n) is 3.11. The highest BCUT2D eigenvalue weighted by atomic mass is 16.6. The molecule has 1 aliphatic rings. The fourth-order valence-corrected chi connectivity index (χ4v) is 3.11. The average Bonchev–Trinajstić information content (AvgIpc) is 2.61. The van der Waals surface area contributed by atoms with Gasteiger partial charge in [0.25, 0.3) is 0 Å². The Kier molecular flexibility index (Phi) is 5.79. The van der Waals surface area contributed by atoms with Crippen molar-refractivity contribution in [3.63, 3.8) is 0 Å². The molecule has 2 aromatic carbocycles. The van der Waals surface area contributed by atoms with Crippen LogP contribution in [-0.4, -0.2) is 30.4 Å². The quantitative estimate of drug-likeness (QED) is 0.829. The van der Waals surface area contributed by atoms with E-state index < -0.39 is 11.7 Å². The van der Waals surface area contributed by atoms with Crippen molar-refractivity contribution in [2.24, 2.45) is 5.73 Å². The van der Waals surface area contributed by atoms with Gasteiger partial charge >= 0.3 is 6.09 Å². The van der Waals surface area contributed by atoms with Crippen LogP contribution in [0.2, 0.25) is 0 Å². The van der Waals surface area contributed by atoms with Crippen LogP contribution in [0.5, 0.6) is 5.75 Å². The maximum absolute atomic E-state index is 12.1. The lowest BCUT2D eigenvalue weighted by atomic mass is 10.1. The maximum atomic E-state index is 12.1. The Bertz CT molecular complexity index is 816.